The summed E-state index contributed by atoms with van der Waals surface area (Å²) in [4.78, 5) is 19.2. The predicted octanol–water partition coefficient (Wildman–Crippen LogP) is 6.75. The molecule has 8 nitrogen and oxygen atoms in total. The van der Waals surface area contributed by atoms with E-state index in [2.05, 4.69) is 15.5 Å². The van der Waals surface area contributed by atoms with Gasteiger partial charge in [-0.3, -0.25) is 4.57 Å². The number of aliphatic hydroxyl groups is 1. The third-order valence-corrected chi connectivity index (χ3v) is 6.43. The molecule has 40 heavy (non-hydrogen) atoms. The molecule has 0 spiro atoms. The van der Waals surface area contributed by atoms with Gasteiger partial charge in [-0.05, 0) is 32.4 Å². The summed E-state index contributed by atoms with van der Waals surface area (Å²) in [7, 11) is 0. The molecule has 3 aromatic rings. The van der Waals surface area contributed by atoms with Crippen molar-refractivity contribution in [1.82, 2.24) is 19.6 Å². The summed E-state index contributed by atoms with van der Waals surface area (Å²) >= 11 is 0. The SMILES string of the molecule is CCCCN(Cc1cnc(C(C)C)n1-c1ccc(C(O)(C(F)(F)F)C(F)(F)F)cc1)C(=O)Nc1c(C)noc1C. The number of benzene rings is 1. The van der Waals surface area contributed by atoms with Gasteiger partial charge >= 0.3 is 18.4 Å². The lowest BCUT2D eigenvalue weighted by molar-refractivity contribution is -0.376. The summed E-state index contributed by atoms with van der Waals surface area (Å²) in [6, 6.07) is 2.83. The lowest BCUT2D eigenvalue weighted by atomic mass is 9.92. The molecular formula is C26H31F6N5O3. The Hall–Kier alpha value is -3.55. The van der Waals surface area contributed by atoms with Crippen LogP contribution in [0.5, 0.6) is 0 Å². The van der Waals surface area contributed by atoms with E-state index in [0.717, 1.165) is 18.6 Å². The minimum absolute atomic E-state index is 0.0335. The number of nitrogens with one attached hydrogen (secondary N) is 1. The molecule has 0 aliphatic heterocycles. The summed E-state index contributed by atoms with van der Waals surface area (Å²) in [6.45, 7) is 9.32. The van der Waals surface area contributed by atoms with E-state index < -0.39 is 29.5 Å². The number of alkyl halides is 6. The van der Waals surface area contributed by atoms with Gasteiger partial charge in [0, 0.05) is 23.7 Å². The molecule has 0 bridgehead atoms. The van der Waals surface area contributed by atoms with Gasteiger partial charge in [-0.2, -0.15) is 26.3 Å². The Morgan fingerprint density at radius 2 is 1.70 bits per heavy atom. The highest BCUT2D eigenvalue weighted by molar-refractivity contribution is 5.90. The highest BCUT2D eigenvalue weighted by Gasteiger charge is 2.71. The van der Waals surface area contributed by atoms with Crippen LogP contribution in [0.2, 0.25) is 0 Å². The zero-order chi connectivity index (χ0) is 30.0. The molecule has 0 saturated heterocycles. The highest BCUT2D eigenvalue weighted by atomic mass is 19.4. The topological polar surface area (TPSA) is 96.4 Å². The Bertz CT molecular complexity index is 1280. The largest absolute Gasteiger partial charge is 0.430 e. The standard InChI is InChI=1S/C26H31F6N5O3/c1-6-7-12-36(23(38)34-21-16(4)35-40-17(21)5)14-20-13-33-22(15(2)3)37(20)19-10-8-18(9-11-19)24(39,25(27,28)29)26(30,31)32/h8-11,13,15,39H,6-7,12,14H2,1-5H3,(H,34,38). The molecule has 2 heterocycles. The molecule has 220 valence electrons. The van der Waals surface area contributed by atoms with Crippen molar-refractivity contribution < 1.29 is 40.8 Å². The van der Waals surface area contributed by atoms with Gasteiger partial charge in [0.15, 0.2) is 5.76 Å². The Balaban J connectivity index is 2.01. The summed E-state index contributed by atoms with van der Waals surface area (Å²) in [6.07, 6.45) is -9.03. The average Bonchev–Trinajstić information content (AvgIpc) is 3.43. The van der Waals surface area contributed by atoms with Crippen LogP contribution in [0.25, 0.3) is 5.69 Å². The first-order chi connectivity index (χ1) is 18.5. The van der Waals surface area contributed by atoms with E-state index in [0.29, 0.717) is 53.8 Å². The van der Waals surface area contributed by atoms with Crippen LogP contribution >= 0.6 is 0 Å². The zero-order valence-corrected chi connectivity index (χ0v) is 22.6. The number of hydrogen-bond acceptors (Lipinski definition) is 5. The normalized spacial score (nSPS) is 12.7. The average molecular weight is 576 g/mol. The van der Waals surface area contributed by atoms with E-state index in [9.17, 15) is 36.2 Å². The van der Waals surface area contributed by atoms with E-state index >= 15 is 0 Å². The summed E-state index contributed by atoms with van der Waals surface area (Å²) < 4.78 is 86.9. The third-order valence-electron chi connectivity index (χ3n) is 6.43. The lowest BCUT2D eigenvalue weighted by Gasteiger charge is -2.32. The van der Waals surface area contributed by atoms with Gasteiger partial charge in [-0.25, -0.2) is 9.78 Å². The molecule has 0 aliphatic rings. The van der Waals surface area contributed by atoms with Crippen LogP contribution in [0, 0.1) is 13.8 Å². The van der Waals surface area contributed by atoms with Gasteiger partial charge in [-0.15, -0.1) is 0 Å². The fourth-order valence-electron chi connectivity index (χ4n) is 4.20. The molecule has 0 fully saturated rings. The van der Waals surface area contributed by atoms with Gasteiger partial charge in [0.05, 0.1) is 18.4 Å². The number of unbranched alkanes of at least 4 members (excludes halogenated alkanes) is 1. The second kappa shape index (κ2) is 11.5. The van der Waals surface area contributed by atoms with E-state index in [1.54, 1.807) is 18.4 Å². The van der Waals surface area contributed by atoms with Crippen LogP contribution in [-0.4, -0.2) is 49.6 Å². The molecule has 0 unspecified atom stereocenters. The minimum atomic E-state index is -6.00. The van der Waals surface area contributed by atoms with Crippen LogP contribution in [0.1, 0.15) is 68.1 Å². The summed E-state index contributed by atoms with van der Waals surface area (Å²) in [5.41, 5.74) is -4.79. The minimum Gasteiger partial charge on any atom is -0.369 e. The lowest BCUT2D eigenvalue weighted by Crippen LogP contribution is -2.53. The maximum atomic E-state index is 13.4. The van der Waals surface area contributed by atoms with Gasteiger partial charge in [0.1, 0.15) is 17.2 Å². The predicted molar refractivity (Wildman–Crippen MR) is 134 cm³/mol. The van der Waals surface area contributed by atoms with Crippen molar-refractivity contribution >= 4 is 11.7 Å². The van der Waals surface area contributed by atoms with E-state index in [1.807, 2.05) is 20.8 Å². The molecule has 1 aromatic carbocycles. The monoisotopic (exact) mass is 575 g/mol. The number of urea groups is 1. The summed E-state index contributed by atoms with van der Waals surface area (Å²) in [5, 5.41) is 16.4. The van der Waals surface area contributed by atoms with Crippen LogP contribution in [0.15, 0.2) is 35.0 Å². The maximum absolute atomic E-state index is 13.4. The van der Waals surface area contributed by atoms with Crippen molar-refractivity contribution in [3.8, 4) is 5.69 Å². The quantitative estimate of drug-likeness (QED) is 0.275. The summed E-state index contributed by atoms with van der Waals surface area (Å²) in [5.74, 6) is 0.716. The number of rotatable bonds is 9. The molecule has 14 heteroatoms. The van der Waals surface area contributed by atoms with Crippen molar-refractivity contribution in [3.05, 3.63) is 59.0 Å². The number of imidazole rings is 1. The molecule has 0 atom stereocenters. The molecule has 0 radical (unpaired) electrons. The molecule has 0 saturated carbocycles. The van der Waals surface area contributed by atoms with Crippen molar-refractivity contribution in [3.63, 3.8) is 0 Å². The van der Waals surface area contributed by atoms with Gasteiger partial charge in [-0.1, -0.05) is 44.5 Å². The number of carbonyl (C=O) groups is 1. The number of carbonyl (C=O) groups excluding carboxylic acids is 1. The number of anilines is 1. The van der Waals surface area contributed by atoms with E-state index in [1.165, 1.54) is 11.1 Å². The van der Waals surface area contributed by atoms with Crippen LogP contribution in [0.3, 0.4) is 0 Å². The second-order valence-electron chi connectivity index (χ2n) is 9.76. The Kier molecular flexibility index (Phi) is 8.92. The third kappa shape index (κ3) is 5.96. The zero-order valence-electron chi connectivity index (χ0n) is 22.6. The molecule has 0 aliphatic carbocycles. The second-order valence-corrected chi connectivity index (χ2v) is 9.76. The first kappa shape index (κ1) is 31.0. The smallest absolute Gasteiger partial charge is 0.369 e. The Morgan fingerprint density at radius 3 is 2.17 bits per heavy atom. The van der Waals surface area contributed by atoms with Gasteiger partial charge < -0.3 is 19.8 Å². The van der Waals surface area contributed by atoms with Crippen molar-refractivity contribution in [2.45, 2.75) is 77.9 Å². The van der Waals surface area contributed by atoms with Gasteiger partial charge in [0.25, 0.3) is 5.60 Å². The van der Waals surface area contributed by atoms with Crippen LogP contribution < -0.4 is 5.32 Å². The van der Waals surface area contributed by atoms with Crippen LogP contribution in [0.4, 0.5) is 36.8 Å². The fraction of sp³-hybridized carbons (Fsp3) is 0.500. The van der Waals surface area contributed by atoms with Crippen molar-refractivity contribution in [2.75, 3.05) is 11.9 Å². The Morgan fingerprint density at radius 1 is 1.10 bits per heavy atom. The molecule has 3 rings (SSSR count). The molecule has 2 amide bonds. The number of aryl methyl sites for hydroxylation is 2. The number of aromatic nitrogens is 3. The van der Waals surface area contributed by atoms with Crippen LogP contribution in [-0.2, 0) is 12.1 Å². The molecular weight excluding hydrogens is 544 g/mol. The van der Waals surface area contributed by atoms with Gasteiger partial charge in [0.2, 0.25) is 0 Å². The molecule has 2 N–H and O–H groups in total. The number of nitrogens with zero attached hydrogens (tertiary/aromatic N) is 4. The first-order valence-electron chi connectivity index (χ1n) is 12.5. The maximum Gasteiger partial charge on any atom is 0.430 e. The van der Waals surface area contributed by atoms with Crippen molar-refractivity contribution in [1.29, 1.82) is 0 Å². The Labute approximate surface area is 227 Å². The first-order valence-corrected chi connectivity index (χ1v) is 12.5. The highest BCUT2D eigenvalue weighted by Crippen LogP contribution is 2.50. The number of halogens is 6. The van der Waals surface area contributed by atoms with E-state index in [-0.39, 0.29) is 18.2 Å². The van der Waals surface area contributed by atoms with E-state index in [4.69, 9.17) is 4.52 Å². The molecule has 2 aromatic heterocycles. The fourth-order valence-corrected chi connectivity index (χ4v) is 4.20. The van der Waals surface area contributed by atoms with Crippen molar-refractivity contribution in [2.24, 2.45) is 0 Å². The number of hydrogen-bond donors (Lipinski definition) is 2. The number of amides is 2.